The molecule has 6 nitrogen and oxygen atoms in total. The lowest BCUT2D eigenvalue weighted by Crippen LogP contribution is -2.64. The second-order valence-corrected chi connectivity index (χ2v) is 7.36. The minimum absolute atomic E-state index is 0. The molecule has 0 spiro atoms. The van der Waals surface area contributed by atoms with Crippen LogP contribution in [0, 0.1) is 12.3 Å². The number of piperidine rings is 3. The monoisotopic (exact) mass is 366 g/mol. The molecule has 2 unspecified atom stereocenters. The summed E-state index contributed by atoms with van der Waals surface area (Å²) in [6.07, 6.45) is 4.21. The molecule has 27 heavy (non-hydrogen) atoms. The molecule has 0 amide bonds. The fourth-order valence-corrected chi connectivity index (χ4v) is 4.29. The third kappa shape index (κ3) is 3.54. The summed E-state index contributed by atoms with van der Waals surface area (Å²) in [6, 6.07) is 7.86. The zero-order chi connectivity index (χ0) is 18.1. The Labute approximate surface area is 161 Å². The number of hydrogen-bond acceptors (Lipinski definition) is 6. The van der Waals surface area contributed by atoms with Crippen molar-refractivity contribution >= 4 is 8.41 Å². The van der Waals surface area contributed by atoms with E-state index < -0.39 is 6.10 Å². The number of aliphatic hydroxyl groups excluding tert-OH is 1. The average Bonchev–Trinajstić information content (AvgIpc) is 3.10. The zero-order valence-electron chi connectivity index (χ0n) is 15.7. The van der Waals surface area contributed by atoms with Crippen molar-refractivity contribution in [3.63, 3.8) is 0 Å². The zero-order valence-corrected chi connectivity index (χ0v) is 15.7. The third-order valence-electron chi connectivity index (χ3n) is 5.83. The molecular formula is C20H25BN3O3. The van der Waals surface area contributed by atoms with Gasteiger partial charge in [0.05, 0.1) is 18.3 Å². The predicted molar refractivity (Wildman–Crippen MR) is 104 cm³/mol. The van der Waals surface area contributed by atoms with E-state index in [9.17, 15) is 5.11 Å². The minimum Gasteiger partial charge on any atom is -0.492 e. The van der Waals surface area contributed by atoms with Crippen LogP contribution in [0.3, 0.4) is 0 Å². The Bertz CT molecular complexity index is 786. The molecule has 1 N–H and O–H groups in total. The lowest BCUT2D eigenvalue weighted by atomic mass is 9.66. The Balaban J connectivity index is 0.00000210. The number of nitrogens with zero attached hydrogens (tertiary/aromatic N) is 3. The SMILES string of the molecule is C=CCC1C(O)C2(COc3ccccc3-c3noc(C)n3)CCN1CC2.[B]. The van der Waals surface area contributed by atoms with Gasteiger partial charge in [-0.1, -0.05) is 23.4 Å². The van der Waals surface area contributed by atoms with E-state index in [0.717, 1.165) is 43.7 Å². The molecule has 0 aliphatic carbocycles. The first-order chi connectivity index (χ1) is 12.6. The normalized spacial score (nSPS) is 29.2. The molecule has 3 fully saturated rings. The highest BCUT2D eigenvalue weighted by atomic mass is 16.5. The Kier molecular flexibility index (Phi) is 5.72. The lowest BCUT2D eigenvalue weighted by Gasteiger charge is -2.55. The van der Waals surface area contributed by atoms with Crippen LogP contribution in [0.4, 0.5) is 0 Å². The number of ether oxygens (including phenoxy) is 1. The molecule has 0 saturated carbocycles. The Hall–Kier alpha value is -2.12. The molecule has 1 aromatic carbocycles. The van der Waals surface area contributed by atoms with Gasteiger partial charge >= 0.3 is 0 Å². The maximum atomic E-state index is 11.0. The van der Waals surface area contributed by atoms with Crippen molar-refractivity contribution in [2.45, 2.75) is 38.3 Å². The largest absolute Gasteiger partial charge is 0.492 e. The van der Waals surface area contributed by atoms with Crippen LogP contribution in [0.1, 0.15) is 25.2 Å². The lowest BCUT2D eigenvalue weighted by molar-refractivity contribution is -0.146. The quantitative estimate of drug-likeness (QED) is 0.626. The molecule has 2 bridgehead atoms. The van der Waals surface area contributed by atoms with Crippen molar-refractivity contribution in [1.29, 1.82) is 0 Å². The summed E-state index contributed by atoms with van der Waals surface area (Å²) in [5.41, 5.74) is 0.606. The van der Waals surface area contributed by atoms with Crippen molar-refractivity contribution in [2.24, 2.45) is 5.41 Å². The van der Waals surface area contributed by atoms with Crippen molar-refractivity contribution in [3.05, 3.63) is 42.8 Å². The van der Waals surface area contributed by atoms with Crippen LogP contribution >= 0.6 is 0 Å². The van der Waals surface area contributed by atoms with Crippen LogP contribution in [0.2, 0.25) is 0 Å². The van der Waals surface area contributed by atoms with Crippen LogP contribution < -0.4 is 4.74 Å². The van der Waals surface area contributed by atoms with E-state index in [1.54, 1.807) is 6.92 Å². The number of para-hydroxylation sites is 1. The van der Waals surface area contributed by atoms with Gasteiger partial charge in [-0.25, -0.2) is 0 Å². The minimum atomic E-state index is -0.400. The van der Waals surface area contributed by atoms with Gasteiger partial charge in [0.15, 0.2) is 0 Å². The van der Waals surface area contributed by atoms with Crippen LogP contribution in [0.25, 0.3) is 11.4 Å². The first-order valence-corrected chi connectivity index (χ1v) is 9.18. The Morgan fingerprint density at radius 1 is 1.37 bits per heavy atom. The van der Waals surface area contributed by atoms with Crippen molar-refractivity contribution in [1.82, 2.24) is 15.0 Å². The number of hydrogen-bond donors (Lipinski definition) is 1. The van der Waals surface area contributed by atoms with E-state index in [1.165, 1.54) is 0 Å². The summed E-state index contributed by atoms with van der Waals surface area (Å²) >= 11 is 0. The van der Waals surface area contributed by atoms with Crippen LogP contribution in [0.5, 0.6) is 5.75 Å². The summed E-state index contributed by atoms with van der Waals surface area (Å²) in [5.74, 6) is 1.78. The molecule has 141 valence electrons. The fourth-order valence-electron chi connectivity index (χ4n) is 4.29. The van der Waals surface area contributed by atoms with E-state index in [0.29, 0.717) is 18.3 Å². The molecule has 4 heterocycles. The van der Waals surface area contributed by atoms with E-state index in [-0.39, 0.29) is 19.9 Å². The molecule has 3 radical (unpaired) electrons. The summed E-state index contributed by atoms with van der Waals surface area (Å²) in [6.45, 7) is 8.11. The fraction of sp³-hybridized carbons (Fsp3) is 0.500. The Morgan fingerprint density at radius 3 is 2.78 bits per heavy atom. The molecule has 7 heteroatoms. The molecule has 3 saturated heterocycles. The number of aryl methyl sites for hydroxylation is 1. The van der Waals surface area contributed by atoms with Crippen molar-refractivity contribution in [2.75, 3.05) is 19.7 Å². The highest BCUT2D eigenvalue weighted by molar-refractivity contribution is 5.75. The van der Waals surface area contributed by atoms with Crippen molar-refractivity contribution in [3.8, 4) is 17.1 Å². The van der Waals surface area contributed by atoms with Gasteiger partial charge in [0.2, 0.25) is 11.7 Å². The van der Waals surface area contributed by atoms with Gasteiger partial charge in [-0.05, 0) is 44.5 Å². The van der Waals surface area contributed by atoms with E-state index in [2.05, 4.69) is 21.6 Å². The molecular weight excluding hydrogens is 341 g/mol. The molecule has 5 rings (SSSR count). The first kappa shape index (κ1) is 19.6. The van der Waals surface area contributed by atoms with E-state index >= 15 is 0 Å². The van der Waals surface area contributed by atoms with Crippen LogP contribution in [0.15, 0.2) is 41.4 Å². The maximum absolute atomic E-state index is 11.0. The second-order valence-electron chi connectivity index (χ2n) is 7.36. The smallest absolute Gasteiger partial charge is 0.223 e. The van der Waals surface area contributed by atoms with E-state index in [1.807, 2.05) is 30.3 Å². The number of fused-ring (bicyclic) bond motifs is 3. The van der Waals surface area contributed by atoms with Gasteiger partial charge < -0.3 is 14.4 Å². The predicted octanol–water partition coefficient (Wildman–Crippen LogP) is 2.44. The summed E-state index contributed by atoms with van der Waals surface area (Å²) in [5, 5.41) is 15.0. The van der Waals surface area contributed by atoms with E-state index in [4.69, 9.17) is 9.26 Å². The standard InChI is InChI=1S/C20H25N3O3.B/c1-3-6-16-18(24)20(9-11-23(16)12-10-20)13-25-17-8-5-4-7-15(17)19-21-14(2)26-22-19;/h3-5,7-8,16,18,24H,1,6,9-13H2,2H3;. The molecule has 3 aliphatic heterocycles. The molecule has 1 aromatic heterocycles. The molecule has 3 aliphatic rings. The highest BCUT2D eigenvalue weighted by Crippen LogP contribution is 2.45. The first-order valence-electron chi connectivity index (χ1n) is 9.18. The van der Waals surface area contributed by atoms with Gasteiger partial charge in [-0.3, -0.25) is 4.90 Å². The molecule has 2 aromatic rings. The summed E-state index contributed by atoms with van der Waals surface area (Å²) < 4.78 is 11.3. The number of aliphatic hydroxyl groups is 1. The highest BCUT2D eigenvalue weighted by Gasteiger charge is 2.51. The number of rotatable bonds is 6. The Morgan fingerprint density at radius 2 is 2.11 bits per heavy atom. The van der Waals surface area contributed by atoms with Gasteiger partial charge in [-0.2, -0.15) is 4.98 Å². The van der Waals surface area contributed by atoms with Gasteiger partial charge in [0.25, 0.3) is 0 Å². The third-order valence-corrected chi connectivity index (χ3v) is 5.83. The van der Waals surface area contributed by atoms with Gasteiger partial charge in [0, 0.05) is 26.8 Å². The average molecular weight is 366 g/mol. The summed E-state index contributed by atoms with van der Waals surface area (Å²) in [4.78, 5) is 6.69. The maximum Gasteiger partial charge on any atom is 0.223 e. The van der Waals surface area contributed by atoms with Crippen molar-refractivity contribution < 1.29 is 14.4 Å². The summed E-state index contributed by atoms with van der Waals surface area (Å²) in [7, 11) is 0. The number of benzene rings is 1. The van der Waals surface area contributed by atoms with Crippen LogP contribution in [-0.4, -0.2) is 60.4 Å². The topological polar surface area (TPSA) is 71.6 Å². The molecule has 2 atom stereocenters. The van der Waals surface area contributed by atoms with Gasteiger partial charge in [0.1, 0.15) is 5.75 Å². The van der Waals surface area contributed by atoms with Gasteiger partial charge in [-0.15, -0.1) is 6.58 Å². The van der Waals surface area contributed by atoms with Crippen LogP contribution in [-0.2, 0) is 0 Å². The number of aromatic nitrogens is 2. The second kappa shape index (κ2) is 7.86.